The van der Waals surface area contributed by atoms with Crippen molar-refractivity contribution in [3.05, 3.63) is 45.3 Å². The number of fused-ring (bicyclic) bond motifs is 3. The number of halogens is 2. The first-order valence-electron chi connectivity index (χ1n) is 5.83. The summed E-state index contributed by atoms with van der Waals surface area (Å²) in [6.45, 7) is 0. The third-order valence-corrected chi connectivity index (χ3v) is 4.25. The van der Waals surface area contributed by atoms with Crippen LogP contribution in [0.5, 0.6) is 5.75 Å². The van der Waals surface area contributed by atoms with E-state index in [0.717, 1.165) is 36.2 Å². The lowest BCUT2D eigenvalue weighted by molar-refractivity contribution is 0.484. The summed E-state index contributed by atoms with van der Waals surface area (Å²) in [7, 11) is 1.82. The molecule has 0 atom stereocenters. The summed E-state index contributed by atoms with van der Waals surface area (Å²) >= 11 is 6.93. The maximum Gasteiger partial charge on any atom is 0.147 e. The van der Waals surface area contributed by atoms with E-state index >= 15 is 0 Å². The molecule has 4 heteroatoms. The van der Waals surface area contributed by atoms with Crippen LogP contribution in [0.3, 0.4) is 0 Å². The summed E-state index contributed by atoms with van der Waals surface area (Å²) in [5, 5.41) is 17.6. The summed E-state index contributed by atoms with van der Waals surface area (Å²) in [6.07, 6.45) is 0. The summed E-state index contributed by atoms with van der Waals surface area (Å²) in [5.41, 5.74) is 0.752. The second-order valence-electron chi connectivity index (χ2n) is 4.35. The van der Waals surface area contributed by atoms with Crippen LogP contribution in [0.1, 0.15) is 0 Å². The molecule has 0 amide bonds. The van der Waals surface area contributed by atoms with E-state index in [0.29, 0.717) is 0 Å². The first kappa shape index (κ1) is 12.8. The maximum atomic E-state index is 10.5. The Kier molecular flexibility index (Phi) is 3.15. The highest BCUT2D eigenvalue weighted by Gasteiger charge is 2.13. The van der Waals surface area contributed by atoms with Crippen molar-refractivity contribution in [1.29, 1.82) is 0 Å². The van der Waals surface area contributed by atoms with Crippen LogP contribution in [-0.4, -0.2) is 12.2 Å². The van der Waals surface area contributed by atoms with Gasteiger partial charge in [0.1, 0.15) is 5.75 Å². The van der Waals surface area contributed by atoms with E-state index in [-0.39, 0.29) is 5.75 Å². The molecule has 2 nitrogen and oxygen atoms in total. The Balaban J connectivity index is 2.60. The van der Waals surface area contributed by atoms with Crippen LogP contribution in [-0.2, 0) is 0 Å². The third kappa shape index (κ3) is 1.99. The molecule has 0 heterocycles. The minimum atomic E-state index is 0.282. The molecule has 0 aliphatic rings. The molecular weight excluding hydrogens is 370 g/mol. The molecule has 0 aromatic heterocycles. The number of hydrogen-bond donors (Lipinski definition) is 2. The predicted octanol–water partition coefficient (Wildman–Crippen LogP) is 5.27. The van der Waals surface area contributed by atoms with E-state index in [1.165, 1.54) is 0 Å². The van der Waals surface area contributed by atoms with E-state index in [9.17, 15) is 5.11 Å². The van der Waals surface area contributed by atoms with Gasteiger partial charge in [0, 0.05) is 26.8 Å². The zero-order valence-electron chi connectivity index (χ0n) is 10.2. The summed E-state index contributed by atoms with van der Waals surface area (Å²) in [6, 6.07) is 12.0. The average Bonchev–Trinajstić information content (AvgIpc) is 2.39. The Bertz CT molecular complexity index is 799. The van der Waals surface area contributed by atoms with Gasteiger partial charge in [-0.05, 0) is 35.0 Å². The molecule has 0 bridgehead atoms. The highest BCUT2D eigenvalue weighted by Crippen LogP contribution is 2.42. The number of hydrogen-bond acceptors (Lipinski definition) is 2. The van der Waals surface area contributed by atoms with E-state index in [1.807, 2.05) is 37.4 Å². The number of phenols is 1. The van der Waals surface area contributed by atoms with Gasteiger partial charge >= 0.3 is 0 Å². The van der Waals surface area contributed by atoms with Gasteiger partial charge in [0.15, 0.2) is 0 Å². The predicted molar refractivity (Wildman–Crippen MR) is 88.1 cm³/mol. The highest BCUT2D eigenvalue weighted by atomic mass is 79.9. The van der Waals surface area contributed by atoms with E-state index in [4.69, 9.17) is 0 Å². The first-order chi connectivity index (χ1) is 9.11. The fraction of sp³-hybridized carbons (Fsp3) is 0.0667. The van der Waals surface area contributed by atoms with Crippen LogP contribution < -0.4 is 5.32 Å². The third-order valence-electron chi connectivity index (χ3n) is 3.26. The van der Waals surface area contributed by atoms with Crippen molar-refractivity contribution in [2.24, 2.45) is 0 Å². The van der Waals surface area contributed by atoms with Crippen LogP contribution in [0.25, 0.3) is 21.5 Å². The molecule has 19 heavy (non-hydrogen) atoms. The lowest BCUT2D eigenvalue weighted by Crippen LogP contribution is -1.92. The minimum Gasteiger partial charge on any atom is -0.505 e. The monoisotopic (exact) mass is 379 g/mol. The van der Waals surface area contributed by atoms with Crippen LogP contribution >= 0.6 is 31.9 Å². The van der Waals surface area contributed by atoms with E-state index in [2.05, 4.69) is 43.2 Å². The maximum absolute atomic E-state index is 10.5. The van der Waals surface area contributed by atoms with Crippen LogP contribution in [0.2, 0.25) is 0 Å². The highest BCUT2D eigenvalue weighted by molar-refractivity contribution is 9.10. The molecule has 0 fully saturated rings. The summed E-state index contributed by atoms with van der Waals surface area (Å²) in [5.74, 6) is 0.282. The normalized spacial score (nSPS) is 11.1. The van der Waals surface area contributed by atoms with Gasteiger partial charge in [-0.2, -0.15) is 0 Å². The van der Waals surface area contributed by atoms with Gasteiger partial charge in [-0.15, -0.1) is 0 Å². The molecule has 3 aromatic carbocycles. The molecule has 0 spiro atoms. The molecule has 3 rings (SSSR count). The largest absolute Gasteiger partial charge is 0.505 e. The van der Waals surface area contributed by atoms with Crippen molar-refractivity contribution in [3.8, 4) is 5.75 Å². The number of nitrogens with one attached hydrogen (secondary N) is 1. The van der Waals surface area contributed by atoms with Crippen LogP contribution in [0, 0.1) is 0 Å². The fourth-order valence-corrected chi connectivity index (χ4v) is 3.14. The van der Waals surface area contributed by atoms with Crippen molar-refractivity contribution in [1.82, 2.24) is 0 Å². The number of rotatable bonds is 1. The summed E-state index contributed by atoms with van der Waals surface area (Å²) in [4.78, 5) is 0. The van der Waals surface area contributed by atoms with Crippen molar-refractivity contribution >= 4 is 59.1 Å². The molecule has 0 unspecified atom stereocenters. The molecule has 0 aliphatic heterocycles. The van der Waals surface area contributed by atoms with Gasteiger partial charge in [-0.25, -0.2) is 0 Å². The standard InChI is InChI=1S/C15H11Br2NO/c1-18-14-12-6-8(16)2-4-10(12)11-5-3-9(17)7-13(11)15(14)19/h2-7,18-19H,1H3. The molecular formula is C15H11Br2NO. The number of aromatic hydroxyl groups is 1. The van der Waals surface area contributed by atoms with Crippen molar-refractivity contribution in [2.75, 3.05) is 12.4 Å². The van der Waals surface area contributed by atoms with Crippen LogP contribution in [0.4, 0.5) is 5.69 Å². The quantitative estimate of drug-likeness (QED) is 0.445. The molecule has 0 aliphatic carbocycles. The molecule has 96 valence electrons. The van der Waals surface area contributed by atoms with E-state index < -0.39 is 0 Å². The Morgan fingerprint density at radius 2 is 1.37 bits per heavy atom. The smallest absolute Gasteiger partial charge is 0.147 e. The second kappa shape index (κ2) is 4.69. The van der Waals surface area contributed by atoms with Gasteiger partial charge in [-0.3, -0.25) is 0 Å². The first-order valence-corrected chi connectivity index (χ1v) is 7.41. The SMILES string of the molecule is CNc1c(O)c2cc(Br)ccc2c2ccc(Br)cc12. The Hall–Kier alpha value is -1.26. The van der Waals surface area contributed by atoms with Crippen molar-refractivity contribution < 1.29 is 5.11 Å². The zero-order chi connectivity index (χ0) is 13.6. The molecule has 0 saturated carbocycles. The van der Waals surface area contributed by atoms with Gasteiger partial charge in [0.05, 0.1) is 5.69 Å². The van der Waals surface area contributed by atoms with Crippen molar-refractivity contribution in [3.63, 3.8) is 0 Å². The van der Waals surface area contributed by atoms with E-state index in [1.54, 1.807) is 0 Å². The molecule has 0 saturated heterocycles. The average molecular weight is 381 g/mol. The zero-order valence-corrected chi connectivity index (χ0v) is 13.3. The summed E-state index contributed by atoms with van der Waals surface area (Å²) < 4.78 is 1.95. The number of benzene rings is 3. The lowest BCUT2D eigenvalue weighted by atomic mass is 9.99. The fourth-order valence-electron chi connectivity index (χ4n) is 2.42. The van der Waals surface area contributed by atoms with Gasteiger partial charge < -0.3 is 10.4 Å². The Morgan fingerprint density at radius 1 is 0.842 bits per heavy atom. The van der Waals surface area contributed by atoms with Gasteiger partial charge in [-0.1, -0.05) is 44.0 Å². The molecule has 3 aromatic rings. The number of phenolic OH excluding ortho intramolecular Hbond substituents is 1. The number of anilines is 1. The Labute approximate surface area is 127 Å². The topological polar surface area (TPSA) is 32.3 Å². The second-order valence-corrected chi connectivity index (χ2v) is 6.18. The molecule has 0 radical (unpaired) electrons. The minimum absolute atomic E-state index is 0.282. The Morgan fingerprint density at radius 3 is 1.95 bits per heavy atom. The van der Waals surface area contributed by atoms with Crippen LogP contribution in [0.15, 0.2) is 45.3 Å². The van der Waals surface area contributed by atoms with Gasteiger partial charge in [0.25, 0.3) is 0 Å². The van der Waals surface area contributed by atoms with Gasteiger partial charge in [0.2, 0.25) is 0 Å². The lowest BCUT2D eigenvalue weighted by Gasteiger charge is -2.13. The van der Waals surface area contributed by atoms with Crippen molar-refractivity contribution in [2.45, 2.75) is 0 Å². The molecule has 2 N–H and O–H groups in total.